The van der Waals surface area contributed by atoms with Crippen LogP contribution in [0.3, 0.4) is 0 Å². The van der Waals surface area contributed by atoms with Crippen LogP contribution in [0.25, 0.3) is 0 Å². The molecule has 1 aromatic heterocycles. The molecule has 2 rings (SSSR count). The molecule has 0 spiro atoms. The molecular formula is C12H18N4O2. The molecule has 6 nitrogen and oxygen atoms in total. The molecule has 3 amide bonds. The summed E-state index contributed by atoms with van der Waals surface area (Å²) < 4.78 is 2.00. The monoisotopic (exact) mass is 250 g/mol. The van der Waals surface area contributed by atoms with Crippen molar-refractivity contribution in [2.75, 3.05) is 6.54 Å². The fourth-order valence-corrected chi connectivity index (χ4v) is 2.06. The van der Waals surface area contributed by atoms with E-state index >= 15 is 0 Å². The summed E-state index contributed by atoms with van der Waals surface area (Å²) in [6, 6.07) is -0.299. The zero-order valence-corrected chi connectivity index (χ0v) is 10.9. The number of imidazole rings is 1. The second kappa shape index (κ2) is 4.44. The van der Waals surface area contributed by atoms with Crippen molar-refractivity contribution in [3.05, 3.63) is 18.2 Å². The molecule has 0 saturated carbocycles. The van der Waals surface area contributed by atoms with Crippen molar-refractivity contribution < 1.29 is 9.59 Å². The van der Waals surface area contributed by atoms with Crippen LogP contribution >= 0.6 is 0 Å². The molecule has 1 N–H and O–H groups in total. The van der Waals surface area contributed by atoms with Crippen molar-refractivity contribution in [3.63, 3.8) is 0 Å². The first kappa shape index (κ1) is 12.6. The van der Waals surface area contributed by atoms with Gasteiger partial charge in [-0.3, -0.25) is 9.69 Å². The third-order valence-corrected chi connectivity index (χ3v) is 3.15. The quantitative estimate of drug-likeness (QED) is 0.808. The van der Waals surface area contributed by atoms with E-state index in [1.807, 2.05) is 17.7 Å². The maximum absolute atomic E-state index is 11.9. The molecule has 6 heteroatoms. The Morgan fingerprint density at radius 1 is 1.33 bits per heavy atom. The predicted molar refractivity (Wildman–Crippen MR) is 65.9 cm³/mol. The lowest BCUT2D eigenvalue weighted by molar-refractivity contribution is -0.130. The molecule has 0 radical (unpaired) electrons. The summed E-state index contributed by atoms with van der Waals surface area (Å²) in [6.07, 6.45) is 4.36. The summed E-state index contributed by atoms with van der Waals surface area (Å²) in [6.45, 7) is 6.55. The van der Waals surface area contributed by atoms with Gasteiger partial charge in [0.15, 0.2) is 0 Å². The number of carbonyl (C=O) groups is 2. The summed E-state index contributed by atoms with van der Waals surface area (Å²) in [5.74, 6) is 0.780. The Morgan fingerprint density at radius 2 is 2.06 bits per heavy atom. The average Bonchev–Trinajstić information content (AvgIpc) is 2.75. The van der Waals surface area contributed by atoms with E-state index in [4.69, 9.17) is 0 Å². The van der Waals surface area contributed by atoms with Crippen LogP contribution in [0.2, 0.25) is 0 Å². The van der Waals surface area contributed by atoms with Gasteiger partial charge in [-0.25, -0.2) is 9.78 Å². The largest absolute Gasteiger partial charge is 0.335 e. The Kier molecular flexibility index (Phi) is 3.11. The number of aryl methyl sites for hydroxylation is 2. The lowest BCUT2D eigenvalue weighted by atomic mass is 10.1. The van der Waals surface area contributed by atoms with Gasteiger partial charge in [-0.15, -0.1) is 0 Å². The number of rotatable bonds is 4. The van der Waals surface area contributed by atoms with E-state index in [1.54, 1.807) is 20.0 Å². The van der Waals surface area contributed by atoms with Crippen LogP contribution in [0.4, 0.5) is 4.79 Å². The highest BCUT2D eigenvalue weighted by Crippen LogP contribution is 2.16. The first-order valence-electron chi connectivity index (χ1n) is 6.03. The number of nitrogens with one attached hydrogen (secondary N) is 1. The van der Waals surface area contributed by atoms with Crippen LogP contribution in [0.1, 0.15) is 26.1 Å². The highest BCUT2D eigenvalue weighted by Gasteiger charge is 2.43. The molecule has 0 aliphatic carbocycles. The molecule has 0 unspecified atom stereocenters. The molecule has 1 aromatic rings. The van der Waals surface area contributed by atoms with Crippen molar-refractivity contribution in [1.82, 2.24) is 19.8 Å². The molecule has 0 bridgehead atoms. The van der Waals surface area contributed by atoms with Gasteiger partial charge in [-0.1, -0.05) is 0 Å². The van der Waals surface area contributed by atoms with Crippen LogP contribution in [-0.4, -0.2) is 38.5 Å². The van der Waals surface area contributed by atoms with Crippen LogP contribution < -0.4 is 5.32 Å². The number of hydrogen-bond acceptors (Lipinski definition) is 3. The molecule has 18 heavy (non-hydrogen) atoms. The van der Waals surface area contributed by atoms with Crippen LogP contribution in [-0.2, 0) is 11.3 Å². The van der Waals surface area contributed by atoms with Crippen LogP contribution in [0.15, 0.2) is 12.4 Å². The minimum absolute atomic E-state index is 0.158. The molecule has 1 fully saturated rings. The number of hydrogen-bond donors (Lipinski definition) is 1. The third-order valence-electron chi connectivity index (χ3n) is 3.15. The van der Waals surface area contributed by atoms with E-state index in [0.29, 0.717) is 6.54 Å². The fraction of sp³-hybridized carbons (Fsp3) is 0.583. The van der Waals surface area contributed by atoms with E-state index in [1.165, 1.54) is 4.90 Å². The molecule has 0 atom stereocenters. The van der Waals surface area contributed by atoms with Crippen molar-refractivity contribution >= 4 is 11.9 Å². The molecule has 98 valence electrons. The van der Waals surface area contributed by atoms with Gasteiger partial charge in [0.1, 0.15) is 11.4 Å². The molecule has 1 saturated heterocycles. The van der Waals surface area contributed by atoms with E-state index < -0.39 is 5.54 Å². The Morgan fingerprint density at radius 3 is 2.56 bits per heavy atom. The van der Waals surface area contributed by atoms with Crippen molar-refractivity contribution in [3.8, 4) is 0 Å². The Bertz CT molecular complexity index is 478. The van der Waals surface area contributed by atoms with Crippen LogP contribution in [0, 0.1) is 6.92 Å². The number of aromatic nitrogens is 2. The van der Waals surface area contributed by atoms with E-state index in [0.717, 1.165) is 18.8 Å². The molecule has 0 aromatic carbocycles. The second-order valence-electron chi connectivity index (χ2n) is 5.03. The lowest BCUT2D eigenvalue weighted by Crippen LogP contribution is -2.40. The summed E-state index contributed by atoms with van der Waals surface area (Å²) in [4.78, 5) is 29.0. The highest BCUT2D eigenvalue weighted by atomic mass is 16.2. The van der Waals surface area contributed by atoms with Crippen molar-refractivity contribution in [1.29, 1.82) is 0 Å². The van der Waals surface area contributed by atoms with Gasteiger partial charge in [-0.2, -0.15) is 0 Å². The maximum Gasteiger partial charge on any atom is 0.325 e. The van der Waals surface area contributed by atoms with Crippen molar-refractivity contribution in [2.24, 2.45) is 0 Å². The van der Waals surface area contributed by atoms with Crippen LogP contribution in [0.5, 0.6) is 0 Å². The van der Waals surface area contributed by atoms with E-state index in [2.05, 4.69) is 10.3 Å². The number of nitrogens with zero attached hydrogens (tertiary/aromatic N) is 3. The standard InChI is InChI=1S/C12H18N4O2/c1-9-13-5-8-15(9)6-4-7-16-10(17)12(2,3)14-11(16)18/h5,8H,4,6-7H2,1-3H3,(H,14,18). The summed E-state index contributed by atoms with van der Waals surface area (Å²) >= 11 is 0. The smallest absolute Gasteiger partial charge is 0.325 e. The zero-order chi connectivity index (χ0) is 13.3. The Labute approximate surface area is 106 Å². The summed E-state index contributed by atoms with van der Waals surface area (Å²) in [7, 11) is 0. The van der Waals surface area contributed by atoms with Gasteiger partial charge >= 0.3 is 6.03 Å². The minimum atomic E-state index is -0.776. The molecule has 1 aliphatic heterocycles. The first-order chi connectivity index (χ1) is 8.42. The van der Waals surface area contributed by atoms with Gasteiger partial charge in [0, 0.05) is 25.5 Å². The average molecular weight is 250 g/mol. The minimum Gasteiger partial charge on any atom is -0.335 e. The number of urea groups is 1. The van der Waals surface area contributed by atoms with Gasteiger partial charge < -0.3 is 9.88 Å². The predicted octanol–water partition coefficient (Wildman–Crippen LogP) is 0.912. The number of amides is 3. The lowest BCUT2D eigenvalue weighted by Gasteiger charge is -2.16. The molecule has 1 aliphatic rings. The topological polar surface area (TPSA) is 67.2 Å². The van der Waals surface area contributed by atoms with Gasteiger partial charge in [0.25, 0.3) is 5.91 Å². The van der Waals surface area contributed by atoms with Gasteiger partial charge in [0.05, 0.1) is 0 Å². The first-order valence-corrected chi connectivity index (χ1v) is 6.03. The number of imide groups is 1. The van der Waals surface area contributed by atoms with E-state index in [9.17, 15) is 9.59 Å². The fourth-order valence-electron chi connectivity index (χ4n) is 2.06. The summed E-state index contributed by atoms with van der Waals surface area (Å²) in [5, 5.41) is 2.67. The normalized spacial score (nSPS) is 18.3. The van der Waals surface area contributed by atoms with Gasteiger partial charge in [-0.05, 0) is 27.2 Å². The second-order valence-corrected chi connectivity index (χ2v) is 5.03. The highest BCUT2D eigenvalue weighted by molar-refractivity contribution is 6.06. The maximum atomic E-state index is 11.9. The third kappa shape index (κ3) is 2.23. The number of carbonyl (C=O) groups excluding carboxylic acids is 2. The molecule has 2 heterocycles. The SMILES string of the molecule is Cc1nccn1CCCN1C(=O)NC(C)(C)C1=O. The molecular weight excluding hydrogens is 232 g/mol. The Balaban J connectivity index is 1.90. The van der Waals surface area contributed by atoms with Crippen molar-refractivity contribution in [2.45, 2.75) is 39.3 Å². The summed E-state index contributed by atoms with van der Waals surface area (Å²) in [5.41, 5.74) is -0.776. The van der Waals surface area contributed by atoms with Gasteiger partial charge in [0.2, 0.25) is 0 Å². The van der Waals surface area contributed by atoms with E-state index in [-0.39, 0.29) is 11.9 Å². The Hall–Kier alpha value is -1.85. The zero-order valence-electron chi connectivity index (χ0n) is 10.9.